The zero-order chi connectivity index (χ0) is 15.0. The Labute approximate surface area is 120 Å². The molecule has 0 N–H and O–H groups in total. The van der Waals surface area contributed by atoms with E-state index in [2.05, 4.69) is 0 Å². The molecule has 2 aliphatic heterocycles. The van der Waals surface area contributed by atoms with Crippen LogP contribution in [0.3, 0.4) is 0 Å². The van der Waals surface area contributed by atoms with Crippen molar-refractivity contribution in [2.45, 2.75) is 39.2 Å². The smallest absolute Gasteiger partial charge is 0.410 e. The molecule has 0 saturated carbocycles. The lowest BCUT2D eigenvalue weighted by Gasteiger charge is -2.44. The Kier molecular flexibility index (Phi) is 4.20. The third-order valence-corrected chi connectivity index (χ3v) is 4.88. The molecule has 1 amide bonds. The van der Waals surface area contributed by atoms with E-state index in [1.54, 1.807) is 4.90 Å². The summed E-state index contributed by atoms with van der Waals surface area (Å²) in [4.78, 5) is 13.7. The fourth-order valence-electron chi connectivity index (χ4n) is 2.37. The second-order valence-corrected chi connectivity index (χ2v) is 8.84. The van der Waals surface area contributed by atoms with Crippen molar-refractivity contribution >= 4 is 13.7 Å². The first-order valence-corrected chi connectivity index (χ1v) is 8.94. The minimum atomic E-state index is -2.85. The van der Waals surface area contributed by atoms with Gasteiger partial charge in [0.15, 0.2) is 0 Å². The largest absolute Gasteiger partial charge is 0.444 e. The third-order valence-electron chi connectivity index (χ3n) is 3.69. The molecule has 0 aromatic carbocycles. The second-order valence-electron chi connectivity index (χ2n) is 6.79. The lowest BCUT2D eigenvalue weighted by Crippen LogP contribution is -2.49. The van der Waals surface area contributed by atoms with Crippen LogP contribution in [-0.4, -0.2) is 49.6 Å². The van der Waals surface area contributed by atoms with Gasteiger partial charge in [-0.3, -0.25) is 4.57 Å². The van der Waals surface area contributed by atoms with E-state index in [0.717, 1.165) is 12.8 Å². The summed E-state index contributed by atoms with van der Waals surface area (Å²) in [6, 6.07) is 0. The first-order valence-electron chi connectivity index (χ1n) is 6.95. The van der Waals surface area contributed by atoms with Crippen LogP contribution in [0.4, 0.5) is 4.79 Å². The summed E-state index contributed by atoms with van der Waals surface area (Å²) in [6.45, 7) is 9.21. The first-order chi connectivity index (χ1) is 9.11. The quantitative estimate of drug-likeness (QED) is 0.644. The average molecular weight is 305 g/mol. The van der Waals surface area contributed by atoms with Crippen molar-refractivity contribution in [3.63, 3.8) is 0 Å². The molecular weight excluding hydrogens is 281 g/mol. The van der Waals surface area contributed by atoms with Crippen LogP contribution < -0.4 is 0 Å². The topological polar surface area (TPSA) is 65.1 Å². The van der Waals surface area contributed by atoms with E-state index in [4.69, 9.17) is 13.8 Å². The summed E-state index contributed by atoms with van der Waals surface area (Å²) in [5.41, 5.74) is -0.583. The highest BCUT2D eigenvalue weighted by Crippen LogP contribution is 2.52. The molecular formula is C13H24NO5P. The molecule has 6 nitrogen and oxygen atoms in total. The van der Waals surface area contributed by atoms with E-state index in [1.807, 2.05) is 20.8 Å². The van der Waals surface area contributed by atoms with Gasteiger partial charge in [-0.1, -0.05) is 0 Å². The molecule has 0 aliphatic carbocycles. The number of hydrogen-bond donors (Lipinski definition) is 0. The summed E-state index contributed by atoms with van der Waals surface area (Å²) in [7, 11) is -2.85. The minimum absolute atomic E-state index is 0.109. The van der Waals surface area contributed by atoms with Gasteiger partial charge in [-0.2, -0.15) is 0 Å². The first kappa shape index (κ1) is 15.8. The number of carbonyl (C=O) groups is 1. The molecule has 2 fully saturated rings. The van der Waals surface area contributed by atoms with Crippen molar-refractivity contribution in [1.29, 1.82) is 0 Å². The molecule has 0 aromatic rings. The van der Waals surface area contributed by atoms with E-state index in [9.17, 15) is 9.36 Å². The lowest BCUT2D eigenvalue weighted by molar-refractivity contribution is -0.0336. The summed E-state index contributed by atoms with van der Waals surface area (Å²) < 4.78 is 27.7. The summed E-state index contributed by atoms with van der Waals surface area (Å²) in [5, 5.41) is 0. The molecule has 0 unspecified atom stereocenters. The standard InChI is InChI=1S/C13H24NO5P/c1-12(2,3)19-11(15)14-7-5-13(6-8-14)9-17-20(4,16)18-10-13/h5-10H2,1-4H3. The lowest BCUT2D eigenvalue weighted by atomic mass is 9.80. The normalized spacial score (nSPS) is 25.5. The van der Waals surface area contributed by atoms with Crippen molar-refractivity contribution in [3.05, 3.63) is 0 Å². The maximum atomic E-state index is 12.0. The van der Waals surface area contributed by atoms with E-state index in [0.29, 0.717) is 26.3 Å². The Balaban J connectivity index is 1.87. The fraction of sp³-hybridized carbons (Fsp3) is 0.923. The molecule has 2 heterocycles. The highest BCUT2D eigenvalue weighted by Gasteiger charge is 2.43. The van der Waals surface area contributed by atoms with Gasteiger partial charge in [-0.15, -0.1) is 0 Å². The van der Waals surface area contributed by atoms with Gasteiger partial charge >= 0.3 is 13.7 Å². The number of likely N-dealkylation sites (tertiary alicyclic amines) is 1. The molecule has 0 radical (unpaired) electrons. The van der Waals surface area contributed by atoms with E-state index in [1.165, 1.54) is 6.66 Å². The Morgan fingerprint density at radius 1 is 1.20 bits per heavy atom. The van der Waals surface area contributed by atoms with Crippen LogP contribution in [0.25, 0.3) is 0 Å². The summed E-state index contributed by atoms with van der Waals surface area (Å²) in [6.07, 6.45) is 1.30. The maximum Gasteiger partial charge on any atom is 0.410 e. The van der Waals surface area contributed by atoms with E-state index < -0.39 is 13.2 Å². The zero-order valence-corrected chi connectivity index (χ0v) is 13.6. The number of piperidine rings is 1. The van der Waals surface area contributed by atoms with Crippen molar-refractivity contribution in [2.24, 2.45) is 5.41 Å². The molecule has 20 heavy (non-hydrogen) atoms. The molecule has 0 atom stereocenters. The molecule has 2 saturated heterocycles. The monoisotopic (exact) mass is 305 g/mol. The fourth-order valence-corrected chi connectivity index (χ4v) is 3.46. The molecule has 1 spiro atoms. The van der Waals surface area contributed by atoms with Gasteiger partial charge in [0.25, 0.3) is 0 Å². The maximum absolute atomic E-state index is 12.0. The van der Waals surface area contributed by atoms with Crippen LogP contribution in [0, 0.1) is 5.41 Å². The zero-order valence-electron chi connectivity index (χ0n) is 12.7. The Morgan fingerprint density at radius 3 is 2.15 bits per heavy atom. The molecule has 2 rings (SSSR count). The highest BCUT2D eigenvalue weighted by atomic mass is 31.2. The van der Waals surface area contributed by atoms with Gasteiger partial charge in [0, 0.05) is 25.2 Å². The predicted molar refractivity (Wildman–Crippen MR) is 74.9 cm³/mol. The van der Waals surface area contributed by atoms with Crippen molar-refractivity contribution in [2.75, 3.05) is 33.0 Å². The SMILES string of the molecule is CC(C)(C)OC(=O)N1CCC2(CC1)COP(C)(=O)OC2. The Bertz CT molecular complexity index is 409. The Hall–Kier alpha value is -0.580. The van der Waals surface area contributed by atoms with Crippen LogP contribution in [0.1, 0.15) is 33.6 Å². The van der Waals surface area contributed by atoms with E-state index in [-0.39, 0.29) is 11.5 Å². The molecule has 7 heteroatoms. The van der Waals surface area contributed by atoms with Crippen molar-refractivity contribution in [1.82, 2.24) is 4.90 Å². The van der Waals surface area contributed by atoms with Crippen LogP contribution >= 0.6 is 7.60 Å². The predicted octanol–water partition coefficient (Wildman–Crippen LogP) is 2.87. The number of nitrogens with zero attached hydrogens (tertiary/aromatic N) is 1. The number of hydrogen-bond acceptors (Lipinski definition) is 5. The number of ether oxygens (including phenoxy) is 1. The molecule has 116 valence electrons. The summed E-state index contributed by atoms with van der Waals surface area (Å²) in [5.74, 6) is 0. The van der Waals surface area contributed by atoms with Gasteiger partial charge in [0.05, 0.1) is 13.2 Å². The summed E-state index contributed by atoms with van der Waals surface area (Å²) >= 11 is 0. The third kappa shape index (κ3) is 3.96. The number of carbonyl (C=O) groups excluding carboxylic acids is 1. The molecule has 0 aromatic heterocycles. The minimum Gasteiger partial charge on any atom is -0.444 e. The van der Waals surface area contributed by atoms with Gasteiger partial charge in [-0.05, 0) is 33.6 Å². The van der Waals surface area contributed by atoms with Gasteiger partial charge in [0.1, 0.15) is 5.60 Å². The molecule has 0 bridgehead atoms. The highest BCUT2D eigenvalue weighted by molar-refractivity contribution is 7.53. The van der Waals surface area contributed by atoms with Crippen LogP contribution in [-0.2, 0) is 18.3 Å². The van der Waals surface area contributed by atoms with Crippen LogP contribution in [0.2, 0.25) is 0 Å². The Morgan fingerprint density at radius 2 is 1.70 bits per heavy atom. The number of rotatable bonds is 0. The van der Waals surface area contributed by atoms with E-state index >= 15 is 0 Å². The van der Waals surface area contributed by atoms with Gasteiger partial charge in [0.2, 0.25) is 0 Å². The second kappa shape index (κ2) is 5.32. The van der Waals surface area contributed by atoms with Crippen LogP contribution in [0.5, 0.6) is 0 Å². The van der Waals surface area contributed by atoms with Gasteiger partial charge < -0.3 is 18.7 Å². The average Bonchev–Trinajstić information content (AvgIpc) is 2.32. The number of amides is 1. The van der Waals surface area contributed by atoms with Crippen molar-refractivity contribution < 1.29 is 23.1 Å². The molecule has 2 aliphatic rings. The van der Waals surface area contributed by atoms with Crippen LogP contribution in [0.15, 0.2) is 0 Å². The van der Waals surface area contributed by atoms with Gasteiger partial charge in [-0.25, -0.2) is 4.79 Å². The van der Waals surface area contributed by atoms with Crippen molar-refractivity contribution in [3.8, 4) is 0 Å².